The summed E-state index contributed by atoms with van der Waals surface area (Å²) in [5.41, 5.74) is -1.22. The smallest absolute Gasteiger partial charge is 0.322 e. The van der Waals surface area contributed by atoms with Crippen molar-refractivity contribution in [3.05, 3.63) is 0 Å². The van der Waals surface area contributed by atoms with Gasteiger partial charge in [0.25, 0.3) is 0 Å². The molecule has 0 heterocycles. The molecular weight excluding hydrogens is 224 g/mol. The Labute approximate surface area is 99.8 Å². The molecular formula is C11H16N2O4. The van der Waals surface area contributed by atoms with Crippen molar-refractivity contribution in [2.24, 2.45) is 5.41 Å². The maximum atomic E-state index is 11.4. The molecule has 6 heteroatoms. The van der Waals surface area contributed by atoms with Crippen LogP contribution in [0.3, 0.4) is 0 Å². The summed E-state index contributed by atoms with van der Waals surface area (Å²) in [5.74, 6) is 0.484. The van der Waals surface area contributed by atoms with E-state index in [1.54, 1.807) is 6.92 Å². The number of hydrogen-bond donors (Lipinski definition) is 3. The molecule has 0 aliphatic carbocycles. The second-order valence-corrected chi connectivity index (χ2v) is 4.28. The average molecular weight is 240 g/mol. The van der Waals surface area contributed by atoms with Crippen LogP contribution in [0.4, 0.5) is 4.79 Å². The van der Waals surface area contributed by atoms with Gasteiger partial charge < -0.3 is 10.4 Å². The van der Waals surface area contributed by atoms with Crippen molar-refractivity contribution in [3.63, 3.8) is 0 Å². The van der Waals surface area contributed by atoms with Gasteiger partial charge in [-0.3, -0.25) is 14.9 Å². The fourth-order valence-electron chi connectivity index (χ4n) is 0.922. The normalized spacial score (nSPS) is 12.1. The predicted octanol–water partition coefficient (Wildman–Crippen LogP) is 0.335. The molecule has 17 heavy (non-hydrogen) atoms. The van der Waals surface area contributed by atoms with E-state index >= 15 is 0 Å². The van der Waals surface area contributed by atoms with Crippen LogP contribution in [0.25, 0.3) is 0 Å². The molecule has 0 fully saturated rings. The van der Waals surface area contributed by atoms with Crippen LogP contribution in [0.1, 0.15) is 27.2 Å². The molecule has 0 saturated carbocycles. The minimum Gasteiger partial charge on any atom is -0.481 e. The number of carbonyl (C=O) groups is 3. The monoisotopic (exact) mass is 240 g/mol. The first-order valence-corrected chi connectivity index (χ1v) is 4.99. The van der Waals surface area contributed by atoms with Crippen molar-refractivity contribution < 1.29 is 19.5 Å². The van der Waals surface area contributed by atoms with Crippen LogP contribution in [-0.2, 0) is 9.59 Å². The van der Waals surface area contributed by atoms with Gasteiger partial charge in [0, 0.05) is 6.42 Å². The fraction of sp³-hybridized carbons (Fsp3) is 0.545. The quantitative estimate of drug-likeness (QED) is 0.617. The van der Waals surface area contributed by atoms with Gasteiger partial charge in [0.15, 0.2) is 0 Å². The van der Waals surface area contributed by atoms with Crippen molar-refractivity contribution in [1.82, 2.24) is 10.6 Å². The molecule has 0 aromatic rings. The summed E-state index contributed by atoms with van der Waals surface area (Å²) >= 11 is 0. The van der Waals surface area contributed by atoms with Gasteiger partial charge >= 0.3 is 12.0 Å². The summed E-state index contributed by atoms with van der Waals surface area (Å²) in [7, 11) is 0. The van der Waals surface area contributed by atoms with Crippen LogP contribution in [0.5, 0.6) is 0 Å². The van der Waals surface area contributed by atoms with E-state index in [4.69, 9.17) is 11.5 Å². The molecule has 1 atom stereocenters. The Morgan fingerprint density at radius 1 is 1.41 bits per heavy atom. The summed E-state index contributed by atoms with van der Waals surface area (Å²) in [6.45, 7) is 4.37. The number of amides is 3. The Balaban J connectivity index is 4.25. The van der Waals surface area contributed by atoms with Gasteiger partial charge in [-0.25, -0.2) is 4.79 Å². The molecule has 6 nitrogen and oxygen atoms in total. The maximum Gasteiger partial charge on any atom is 0.322 e. The number of rotatable bonds is 4. The number of carboxylic acids is 1. The van der Waals surface area contributed by atoms with Gasteiger partial charge in [0.1, 0.15) is 0 Å². The Bertz CT molecular complexity index is 368. The number of aliphatic carboxylic acids is 1. The minimum atomic E-state index is -1.22. The molecule has 0 spiro atoms. The zero-order valence-electron chi connectivity index (χ0n) is 10.0. The highest BCUT2D eigenvalue weighted by molar-refractivity contribution is 5.96. The number of nitrogens with one attached hydrogen (secondary N) is 2. The first-order valence-electron chi connectivity index (χ1n) is 4.99. The molecule has 1 unspecified atom stereocenters. The van der Waals surface area contributed by atoms with E-state index in [9.17, 15) is 14.4 Å². The van der Waals surface area contributed by atoms with Crippen LogP contribution < -0.4 is 10.6 Å². The highest BCUT2D eigenvalue weighted by Crippen LogP contribution is 2.19. The number of carbonyl (C=O) groups excluding carboxylic acids is 2. The lowest BCUT2D eigenvalue weighted by Crippen LogP contribution is -2.44. The standard InChI is InChI=1S/C11H16N2O4/c1-5-7(2)12-10(17)13-8(14)6-11(3,4)9(15)16/h1,7H,6H2,2-4H3,(H,15,16)(H2,12,13,14,17). The van der Waals surface area contributed by atoms with Gasteiger partial charge in [-0.15, -0.1) is 6.42 Å². The molecule has 0 aliphatic rings. The lowest BCUT2D eigenvalue weighted by Gasteiger charge is -2.18. The second-order valence-electron chi connectivity index (χ2n) is 4.28. The van der Waals surface area contributed by atoms with Gasteiger partial charge in [-0.2, -0.15) is 0 Å². The second kappa shape index (κ2) is 5.89. The molecule has 0 saturated heterocycles. The third kappa shape index (κ3) is 5.56. The summed E-state index contributed by atoms with van der Waals surface area (Å²) in [5, 5.41) is 13.1. The van der Waals surface area contributed by atoms with Crippen LogP contribution in [0.2, 0.25) is 0 Å². The Hall–Kier alpha value is -2.03. The fourth-order valence-corrected chi connectivity index (χ4v) is 0.922. The van der Waals surface area contributed by atoms with Gasteiger partial charge in [-0.05, 0) is 20.8 Å². The third-order valence-corrected chi connectivity index (χ3v) is 2.03. The topological polar surface area (TPSA) is 95.5 Å². The van der Waals surface area contributed by atoms with Crippen molar-refractivity contribution in [3.8, 4) is 12.3 Å². The van der Waals surface area contributed by atoms with E-state index in [1.165, 1.54) is 13.8 Å². The van der Waals surface area contributed by atoms with E-state index in [1.807, 2.05) is 5.32 Å². The Morgan fingerprint density at radius 3 is 2.35 bits per heavy atom. The highest BCUT2D eigenvalue weighted by Gasteiger charge is 2.30. The van der Waals surface area contributed by atoms with E-state index in [2.05, 4.69) is 11.2 Å². The Kier molecular flexibility index (Phi) is 5.19. The number of terminal acetylenes is 1. The van der Waals surface area contributed by atoms with Crippen molar-refractivity contribution in [1.29, 1.82) is 0 Å². The number of carboxylic acid groups (broad SMARTS) is 1. The van der Waals surface area contributed by atoms with Crippen molar-refractivity contribution in [2.45, 2.75) is 33.2 Å². The molecule has 0 aromatic heterocycles. The summed E-state index contributed by atoms with van der Waals surface area (Å²) in [6, 6.07) is -1.24. The molecule has 94 valence electrons. The van der Waals surface area contributed by atoms with E-state index in [0.29, 0.717) is 0 Å². The summed E-state index contributed by atoms with van der Waals surface area (Å²) in [6.07, 6.45) is 4.75. The van der Waals surface area contributed by atoms with Crippen LogP contribution in [0.15, 0.2) is 0 Å². The first-order chi connectivity index (χ1) is 7.69. The molecule has 0 aliphatic heterocycles. The van der Waals surface area contributed by atoms with Gasteiger partial charge in [0.2, 0.25) is 5.91 Å². The zero-order valence-corrected chi connectivity index (χ0v) is 10.0. The summed E-state index contributed by atoms with van der Waals surface area (Å²) in [4.78, 5) is 33.3. The predicted molar refractivity (Wildman–Crippen MR) is 61.0 cm³/mol. The van der Waals surface area contributed by atoms with Crippen LogP contribution in [0, 0.1) is 17.8 Å². The molecule has 0 aromatic carbocycles. The molecule has 3 N–H and O–H groups in total. The highest BCUT2D eigenvalue weighted by atomic mass is 16.4. The van der Waals surface area contributed by atoms with Crippen LogP contribution in [-0.4, -0.2) is 29.1 Å². The largest absolute Gasteiger partial charge is 0.481 e. The SMILES string of the molecule is C#CC(C)NC(=O)NC(=O)CC(C)(C)C(=O)O. The molecule has 0 rings (SSSR count). The lowest BCUT2D eigenvalue weighted by atomic mass is 9.89. The summed E-state index contributed by atoms with van der Waals surface area (Å²) < 4.78 is 0. The lowest BCUT2D eigenvalue weighted by molar-refractivity contribution is -0.149. The van der Waals surface area contributed by atoms with E-state index in [0.717, 1.165) is 0 Å². The number of urea groups is 1. The van der Waals surface area contributed by atoms with Gasteiger partial charge in [-0.1, -0.05) is 5.92 Å². The average Bonchev–Trinajstić information content (AvgIpc) is 2.15. The van der Waals surface area contributed by atoms with Crippen LogP contribution >= 0.6 is 0 Å². The maximum absolute atomic E-state index is 11.4. The van der Waals surface area contributed by atoms with Gasteiger partial charge in [0.05, 0.1) is 11.5 Å². The van der Waals surface area contributed by atoms with E-state index in [-0.39, 0.29) is 6.42 Å². The number of hydrogen-bond acceptors (Lipinski definition) is 3. The Morgan fingerprint density at radius 2 is 1.94 bits per heavy atom. The third-order valence-electron chi connectivity index (χ3n) is 2.03. The minimum absolute atomic E-state index is 0.291. The number of imide groups is 1. The van der Waals surface area contributed by atoms with Crippen molar-refractivity contribution in [2.75, 3.05) is 0 Å². The molecule has 0 radical (unpaired) electrons. The molecule has 3 amide bonds. The first kappa shape index (κ1) is 15.0. The van der Waals surface area contributed by atoms with Crippen molar-refractivity contribution >= 4 is 17.9 Å². The zero-order chi connectivity index (χ0) is 13.6. The van der Waals surface area contributed by atoms with E-state index < -0.39 is 29.4 Å². The molecule has 0 bridgehead atoms.